The zero-order valence-electron chi connectivity index (χ0n) is 15.9. The van der Waals surface area contributed by atoms with Crippen molar-refractivity contribution < 1.29 is 19.1 Å². The van der Waals surface area contributed by atoms with E-state index in [2.05, 4.69) is 4.98 Å². The highest BCUT2D eigenvalue weighted by molar-refractivity contribution is 8.03. The van der Waals surface area contributed by atoms with Crippen LogP contribution in [0.3, 0.4) is 0 Å². The SMILES string of the molecule is O=C(O)/C(=C/c1ccccc1OCc1ccc(Cl)c(Cl)c1)Sc1nc2ccccc2o1. The number of fused-ring (bicyclic) bond motifs is 1. The van der Waals surface area contributed by atoms with Crippen LogP contribution < -0.4 is 4.74 Å². The average Bonchev–Trinajstić information content (AvgIpc) is 3.17. The molecule has 1 N–H and O–H groups in total. The molecule has 0 unspecified atom stereocenters. The van der Waals surface area contributed by atoms with Crippen molar-refractivity contribution in [2.24, 2.45) is 0 Å². The van der Waals surface area contributed by atoms with Crippen molar-refractivity contribution in [3.8, 4) is 5.75 Å². The maximum absolute atomic E-state index is 11.9. The van der Waals surface area contributed by atoms with E-state index in [4.69, 9.17) is 32.4 Å². The first-order valence-electron chi connectivity index (χ1n) is 9.14. The van der Waals surface area contributed by atoms with Crippen molar-refractivity contribution in [2.75, 3.05) is 0 Å². The first-order valence-corrected chi connectivity index (χ1v) is 10.7. The number of ether oxygens (including phenoxy) is 1. The largest absolute Gasteiger partial charge is 0.488 e. The van der Waals surface area contributed by atoms with E-state index in [0.717, 1.165) is 17.3 Å². The van der Waals surface area contributed by atoms with Crippen LogP contribution >= 0.6 is 35.0 Å². The van der Waals surface area contributed by atoms with Gasteiger partial charge in [0.1, 0.15) is 22.8 Å². The maximum atomic E-state index is 11.9. The van der Waals surface area contributed by atoms with Gasteiger partial charge in [-0.2, -0.15) is 0 Å². The summed E-state index contributed by atoms with van der Waals surface area (Å²) < 4.78 is 11.5. The zero-order valence-corrected chi connectivity index (χ0v) is 18.2. The fraction of sp³-hybridized carbons (Fsp3) is 0.0435. The number of benzene rings is 3. The number of rotatable bonds is 7. The summed E-state index contributed by atoms with van der Waals surface area (Å²) in [6.45, 7) is 0.252. The molecule has 0 fully saturated rings. The Bertz CT molecular complexity index is 1250. The molecule has 8 heteroatoms. The number of hydrogen-bond acceptors (Lipinski definition) is 5. The average molecular weight is 472 g/mol. The minimum Gasteiger partial charge on any atom is -0.488 e. The van der Waals surface area contributed by atoms with E-state index in [-0.39, 0.29) is 16.7 Å². The Morgan fingerprint density at radius 3 is 2.61 bits per heavy atom. The molecule has 156 valence electrons. The number of carbonyl (C=O) groups is 1. The van der Waals surface area contributed by atoms with Crippen molar-refractivity contribution in [1.29, 1.82) is 0 Å². The fourth-order valence-electron chi connectivity index (χ4n) is 2.79. The molecule has 0 aliphatic heterocycles. The van der Waals surface area contributed by atoms with Crippen LogP contribution in [0.25, 0.3) is 17.2 Å². The van der Waals surface area contributed by atoms with Crippen LogP contribution in [0.2, 0.25) is 10.0 Å². The van der Waals surface area contributed by atoms with E-state index in [0.29, 0.717) is 32.5 Å². The van der Waals surface area contributed by atoms with Crippen molar-refractivity contribution in [1.82, 2.24) is 4.98 Å². The number of oxazole rings is 1. The summed E-state index contributed by atoms with van der Waals surface area (Å²) in [7, 11) is 0. The van der Waals surface area contributed by atoms with E-state index in [1.807, 2.05) is 24.3 Å². The Morgan fingerprint density at radius 2 is 1.84 bits per heavy atom. The minimum atomic E-state index is -1.09. The van der Waals surface area contributed by atoms with E-state index >= 15 is 0 Å². The molecule has 1 heterocycles. The molecule has 5 nitrogen and oxygen atoms in total. The summed E-state index contributed by atoms with van der Waals surface area (Å²) in [5.41, 5.74) is 2.72. The van der Waals surface area contributed by atoms with Crippen molar-refractivity contribution in [3.63, 3.8) is 0 Å². The highest BCUT2D eigenvalue weighted by Gasteiger charge is 2.16. The van der Waals surface area contributed by atoms with Gasteiger partial charge in [-0.1, -0.05) is 59.6 Å². The summed E-state index contributed by atoms with van der Waals surface area (Å²) in [6.07, 6.45) is 1.53. The molecule has 0 saturated heterocycles. The van der Waals surface area contributed by atoms with Gasteiger partial charge in [0.05, 0.1) is 10.0 Å². The van der Waals surface area contributed by atoms with Gasteiger partial charge in [-0.25, -0.2) is 9.78 Å². The highest BCUT2D eigenvalue weighted by Crippen LogP contribution is 2.32. The molecule has 0 spiro atoms. The molecule has 0 amide bonds. The predicted octanol–water partition coefficient (Wildman–Crippen LogP) is 6.93. The lowest BCUT2D eigenvalue weighted by molar-refractivity contribution is -0.131. The molecule has 3 aromatic carbocycles. The van der Waals surface area contributed by atoms with E-state index in [1.54, 1.807) is 42.5 Å². The Labute approximate surface area is 192 Å². The summed E-state index contributed by atoms with van der Waals surface area (Å²) >= 11 is 12.9. The number of carboxylic acids is 1. The molecule has 0 bridgehead atoms. The Hall–Kier alpha value is -2.93. The van der Waals surface area contributed by atoms with Crippen molar-refractivity contribution >= 4 is 58.1 Å². The van der Waals surface area contributed by atoms with Crippen LogP contribution in [0, 0.1) is 0 Å². The van der Waals surface area contributed by atoms with Gasteiger partial charge in [-0.15, -0.1) is 0 Å². The standard InChI is InChI=1S/C23H15Cl2NO4S/c24-16-10-9-14(11-17(16)25)13-29-19-7-3-1-5-15(19)12-21(22(27)28)31-23-26-18-6-2-4-8-20(18)30-23/h1-12H,13H2,(H,27,28)/b21-12-. The summed E-state index contributed by atoms with van der Waals surface area (Å²) in [4.78, 5) is 16.2. The number of nitrogens with zero attached hydrogens (tertiary/aromatic N) is 1. The van der Waals surface area contributed by atoms with Crippen molar-refractivity contribution in [3.05, 3.63) is 92.8 Å². The monoisotopic (exact) mass is 471 g/mol. The first kappa shape index (κ1) is 21.3. The van der Waals surface area contributed by atoms with Crippen LogP contribution in [0.1, 0.15) is 11.1 Å². The second-order valence-electron chi connectivity index (χ2n) is 6.44. The van der Waals surface area contributed by atoms with Gasteiger partial charge in [0.2, 0.25) is 0 Å². The van der Waals surface area contributed by atoms with Gasteiger partial charge in [0, 0.05) is 5.56 Å². The molecule has 1 aromatic heterocycles. The van der Waals surface area contributed by atoms with Crippen LogP contribution in [-0.4, -0.2) is 16.1 Å². The fourth-order valence-corrected chi connectivity index (χ4v) is 3.84. The van der Waals surface area contributed by atoms with E-state index < -0.39 is 5.97 Å². The molecule has 0 saturated carbocycles. The second-order valence-corrected chi connectivity index (χ2v) is 8.25. The maximum Gasteiger partial charge on any atom is 0.342 e. The third-order valence-corrected chi connectivity index (χ3v) is 5.87. The molecule has 4 rings (SSSR count). The number of aromatic nitrogens is 1. The first-order chi connectivity index (χ1) is 15.0. The van der Waals surface area contributed by atoms with Crippen LogP contribution in [0.15, 0.2) is 81.3 Å². The van der Waals surface area contributed by atoms with Gasteiger partial charge >= 0.3 is 5.97 Å². The van der Waals surface area contributed by atoms with E-state index in [9.17, 15) is 9.90 Å². The van der Waals surface area contributed by atoms with Gasteiger partial charge in [0.25, 0.3) is 5.22 Å². The Kier molecular flexibility index (Phi) is 6.51. The van der Waals surface area contributed by atoms with Gasteiger partial charge in [-0.05, 0) is 53.7 Å². The number of halogens is 2. The molecule has 0 radical (unpaired) electrons. The van der Waals surface area contributed by atoms with Gasteiger partial charge < -0.3 is 14.3 Å². The summed E-state index contributed by atoms with van der Waals surface area (Å²) in [5.74, 6) is -0.558. The zero-order chi connectivity index (χ0) is 21.8. The highest BCUT2D eigenvalue weighted by atomic mass is 35.5. The lowest BCUT2D eigenvalue weighted by atomic mass is 10.2. The topological polar surface area (TPSA) is 72.6 Å². The smallest absolute Gasteiger partial charge is 0.342 e. The number of para-hydroxylation sites is 3. The molecular formula is C23H15Cl2NO4S. The molecular weight excluding hydrogens is 457 g/mol. The summed E-state index contributed by atoms with van der Waals surface area (Å²) in [6, 6.07) is 19.7. The van der Waals surface area contributed by atoms with Crippen LogP contribution in [0.4, 0.5) is 0 Å². The molecule has 0 aliphatic carbocycles. The van der Waals surface area contributed by atoms with Crippen LogP contribution in [-0.2, 0) is 11.4 Å². The number of aliphatic carboxylic acids is 1. The Morgan fingerprint density at radius 1 is 1.06 bits per heavy atom. The third-order valence-electron chi connectivity index (χ3n) is 4.27. The minimum absolute atomic E-state index is 0.0529. The molecule has 0 atom stereocenters. The lowest BCUT2D eigenvalue weighted by Crippen LogP contribution is -1.99. The van der Waals surface area contributed by atoms with Gasteiger partial charge in [-0.3, -0.25) is 0 Å². The molecule has 31 heavy (non-hydrogen) atoms. The van der Waals surface area contributed by atoms with Crippen LogP contribution in [0.5, 0.6) is 5.75 Å². The predicted molar refractivity (Wildman–Crippen MR) is 123 cm³/mol. The normalized spacial score (nSPS) is 11.6. The second kappa shape index (κ2) is 9.47. The molecule has 4 aromatic rings. The summed E-state index contributed by atoms with van der Waals surface area (Å²) in [5, 5.41) is 10.9. The van der Waals surface area contributed by atoms with Gasteiger partial charge in [0.15, 0.2) is 5.58 Å². The number of carboxylic acid groups (broad SMARTS) is 1. The number of hydrogen-bond donors (Lipinski definition) is 1. The lowest BCUT2D eigenvalue weighted by Gasteiger charge is -2.10. The quantitative estimate of drug-likeness (QED) is 0.232. The van der Waals surface area contributed by atoms with E-state index in [1.165, 1.54) is 6.08 Å². The molecule has 0 aliphatic rings. The number of thioether (sulfide) groups is 1. The third kappa shape index (κ3) is 5.22. The van der Waals surface area contributed by atoms with Crippen molar-refractivity contribution in [2.45, 2.75) is 11.8 Å². The Balaban J connectivity index is 1.57.